The number of imide groups is 1. The Morgan fingerprint density at radius 1 is 1.06 bits per heavy atom. The van der Waals surface area contributed by atoms with Crippen LogP contribution in [0.5, 0.6) is 11.5 Å². The highest BCUT2D eigenvalue weighted by Gasteiger charge is 2.30. The smallest absolute Gasteiger partial charge is 0.322 e. The van der Waals surface area contributed by atoms with Gasteiger partial charge in [-0.2, -0.15) is 0 Å². The zero-order chi connectivity index (χ0) is 25.4. The molecule has 8 nitrogen and oxygen atoms in total. The largest absolute Gasteiger partial charge is 0.497 e. The highest BCUT2D eigenvalue weighted by molar-refractivity contribution is 6.36. The Labute approximate surface area is 208 Å². The molecule has 184 valence electrons. The first-order valence-corrected chi connectivity index (χ1v) is 11.3. The molecule has 0 aliphatic heterocycles. The molecule has 1 atom stereocenters. The van der Waals surface area contributed by atoms with E-state index in [0.717, 1.165) is 5.56 Å². The number of aryl methyl sites for hydroxylation is 1. The number of aliphatic carboxylic acids is 1. The van der Waals surface area contributed by atoms with E-state index in [2.05, 4.69) is 5.43 Å². The molecule has 0 unspecified atom stereocenters. The fourth-order valence-electron chi connectivity index (χ4n) is 3.27. The lowest BCUT2D eigenvalue weighted by molar-refractivity contribution is -0.143. The van der Waals surface area contributed by atoms with Gasteiger partial charge in [-0.05, 0) is 48.6 Å². The van der Waals surface area contributed by atoms with Crippen LogP contribution >= 0.6 is 23.2 Å². The standard InChI is InChI=1S/C24H28Cl2N2O6/c1-14(2)11-20(24(31)32)27-28(23(30)18-12-16(25)7-9-19(18)26)22(29)10-6-15-5-8-17(33-3)13-21(15)34-4/h5,7-9,12-14,20,27H,6,10-11H2,1-4H3,(H,31,32)/t20-/m0/s1. The van der Waals surface area contributed by atoms with Gasteiger partial charge >= 0.3 is 5.97 Å². The number of halogens is 2. The van der Waals surface area contributed by atoms with Gasteiger partial charge in [-0.25, -0.2) is 10.4 Å². The number of hydrogen-bond donors (Lipinski definition) is 2. The van der Waals surface area contributed by atoms with Crippen LogP contribution in [0.3, 0.4) is 0 Å². The highest BCUT2D eigenvalue weighted by atomic mass is 35.5. The minimum Gasteiger partial charge on any atom is -0.497 e. The van der Waals surface area contributed by atoms with Crippen LogP contribution in [0.15, 0.2) is 36.4 Å². The summed E-state index contributed by atoms with van der Waals surface area (Å²) >= 11 is 12.2. The molecule has 0 fully saturated rings. The van der Waals surface area contributed by atoms with Crippen LogP contribution in [0.1, 0.15) is 42.6 Å². The number of carboxylic acids is 1. The van der Waals surface area contributed by atoms with Gasteiger partial charge < -0.3 is 14.6 Å². The molecular weight excluding hydrogens is 483 g/mol. The molecule has 0 aromatic heterocycles. The van der Waals surface area contributed by atoms with Crippen molar-refractivity contribution >= 4 is 41.0 Å². The average Bonchev–Trinajstić information content (AvgIpc) is 2.80. The van der Waals surface area contributed by atoms with Crippen LogP contribution in [-0.2, 0) is 16.0 Å². The molecule has 0 saturated carbocycles. The first kappa shape index (κ1) is 27.4. The third-order valence-electron chi connectivity index (χ3n) is 5.00. The molecule has 0 spiro atoms. The van der Waals surface area contributed by atoms with Gasteiger partial charge in [-0.15, -0.1) is 0 Å². The zero-order valence-corrected chi connectivity index (χ0v) is 20.9. The van der Waals surface area contributed by atoms with Crippen LogP contribution in [0.4, 0.5) is 0 Å². The Balaban J connectivity index is 2.34. The summed E-state index contributed by atoms with van der Waals surface area (Å²) in [6.07, 6.45) is 0.332. The van der Waals surface area contributed by atoms with E-state index >= 15 is 0 Å². The lowest BCUT2D eigenvalue weighted by atomic mass is 10.0. The number of amides is 2. The van der Waals surface area contributed by atoms with Crippen molar-refractivity contribution in [3.8, 4) is 11.5 Å². The summed E-state index contributed by atoms with van der Waals surface area (Å²) in [5, 5.41) is 10.7. The zero-order valence-electron chi connectivity index (χ0n) is 19.4. The first-order valence-electron chi connectivity index (χ1n) is 10.6. The van der Waals surface area contributed by atoms with Crippen LogP contribution in [0, 0.1) is 5.92 Å². The molecule has 0 aliphatic carbocycles. The second kappa shape index (κ2) is 12.6. The molecule has 2 rings (SSSR count). The average molecular weight is 511 g/mol. The number of hydrazine groups is 1. The number of methoxy groups -OCH3 is 2. The maximum absolute atomic E-state index is 13.3. The molecule has 2 aromatic rings. The predicted octanol–water partition coefficient (Wildman–Crippen LogP) is 4.62. The van der Waals surface area contributed by atoms with Gasteiger partial charge in [0.25, 0.3) is 5.91 Å². The van der Waals surface area contributed by atoms with E-state index in [4.69, 9.17) is 32.7 Å². The number of hydrogen-bond acceptors (Lipinski definition) is 6. The van der Waals surface area contributed by atoms with E-state index < -0.39 is 23.8 Å². The molecule has 0 saturated heterocycles. The van der Waals surface area contributed by atoms with Crippen molar-refractivity contribution in [1.29, 1.82) is 0 Å². The molecule has 2 amide bonds. The molecule has 2 aromatic carbocycles. The summed E-state index contributed by atoms with van der Waals surface area (Å²) in [4.78, 5) is 38.3. The number of carbonyl (C=O) groups is 3. The number of nitrogens with zero attached hydrogens (tertiary/aromatic N) is 1. The van der Waals surface area contributed by atoms with Crippen molar-refractivity contribution < 1.29 is 29.0 Å². The lowest BCUT2D eigenvalue weighted by Gasteiger charge is -2.27. The van der Waals surface area contributed by atoms with Gasteiger partial charge in [0.2, 0.25) is 5.91 Å². The second-order valence-electron chi connectivity index (χ2n) is 7.99. The fourth-order valence-corrected chi connectivity index (χ4v) is 3.64. The third-order valence-corrected chi connectivity index (χ3v) is 5.57. The Bertz CT molecular complexity index is 1040. The van der Waals surface area contributed by atoms with Gasteiger partial charge in [-0.3, -0.25) is 14.4 Å². The number of carboxylic acid groups (broad SMARTS) is 1. The van der Waals surface area contributed by atoms with Crippen molar-refractivity contribution in [3.05, 3.63) is 57.6 Å². The van der Waals surface area contributed by atoms with Gasteiger partial charge in [-0.1, -0.05) is 43.1 Å². The van der Waals surface area contributed by atoms with E-state index in [0.29, 0.717) is 16.5 Å². The van der Waals surface area contributed by atoms with Crippen LogP contribution < -0.4 is 14.9 Å². The Morgan fingerprint density at radius 3 is 2.35 bits per heavy atom. The molecular formula is C24H28Cl2N2O6. The van der Waals surface area contributed by atoms with Crippen molar-refractivity contribution in [2.24, 2.45) is 5.92 Å². The molecule has 34 heavy (non-hydrogen) atoms. The minimum atomic E-state index is -1.19. The van der Waals surface area contributed by atoms with Crippen molar-refractivity contribution in [2.45, 2.75) is 39.2 Å². The summed E-state index contributed by atoms with van der Waals surface area (Å²) in [7, 11) is 3.03. The predicted molar refractivity (Wildman–Crippen MR) is 130 cm³/mol. The number of ether oxygens (including phenoxy) is 2. The molecule has 0 radical (unpaired) electrons. The Morgan fingerprint density at radius 2 is 1.76 bits per heavy atom. The highest BCUT2D eigenvalue weighted by Crippen LogP contribution is 2.26. The molecule has 10 heteroatoms. The molecule has 0 heterocycles. The fraction of sp³-hybridized carbons (Fsp3) is 0.375. The topological polar surface area (TPSA) is 105 Å². The summed E-state index contributed by atoms with van der Waals surface area (Å²) in [6, 6.07) is 8.30. The second-order valence-corrected chi connectivity index (χ2v) is 8.83. The summed E-state index contributed by atoms with van der Waals surface area (Å²) < 4.78 is 10.6. The van der Waals surface area contributed by atoms with Gasteiger partial charge in [0.15, 0.2) is 0 Å². The maximum atomic E-state index is 13.3. The van der Waals surface area contributed by atoms with E-state index in [1.165, 1.54) is 32.4 Å². The van der Waals surface area contributed by atoms with Crippen LogP contribution in [-0.4, -0.2) is 48.2 Å². The quantitative estimate of drug-likeness (QED) is 0.425. The number of benzene rings is 2. The summed E-state index contributed by atoms with van der Waals surface area (Å²) in [5.74, 6) is -1.49. The minimum absolute atomic E-state index is 0.000952. The number of nitrogens with one attached hydrogen (secondary N) is 1. The number of carbonyl (C=O) groups excluding carboxylic acids is 2. The Hall–Kier alpha value is -2.81. The van der Waals surface area contributed by atoms with Gasteiger partial charge in [0.1, 0.15) is 17.5 Å². The molecule has 0 aliphatic rings. The summed E-state index contributed by atoms with van der Waals surface area (Å²) in [5.41, 5.74) is 3.30. The van der Waals surface area contributed by atoms with Gasteiger partial charge in [0, 0.05) is 17.5 Å². The summed E-state index contributed by atoms with van der Waals surface area (Å²) in [6.45, 7) is 3.69. The van der Waals surface area contributed by atoms with E-state index in [1.807, 2.05) is 13.8 Å². The first-order chi connectivity index (χ1) is 16.1. The monoisotopic (exact) mass is 510 g/mol. The molecule has 0 bridgehead atoms. The normalized spacial score (nSPS) is 11.7. The lowest BCUT2D eigenvalue weighted by Crippen LogP contribution is -2.54. The van der Waals surface area contributed by atoms with Gasteiger partial charge in [0.05, 0.1) is 24.8 Å². The third kappa shape index (κ3) is 7.35. The van der Waals surface area contributed by atoms with Crippen molar-refractivity contribution in [2.75, 3.05) is 14.2 Å². The van der Waals surface area contributed by atoms with Crippen LogP contribution in [0.25, 0.3) is 0 Å². The molecule has 2 N–H and O–H groups in total. The maximum Gasteiger partial charge on any atom is 0.322 e. The van der Waals surface area contributed by atoms with E-state index in [-0.39, 0.29) is 40.8 Å². The van der Waals surface area contributed by atoms with Crippen molar-refractivity contribution in [3.63, 3.8) is 0 Å². The van der Waals surface area contributed by atoms with Crippen molar-refractivity contribution in [1.82, 2.24) is 10.4 Å². The van der Waals surface area contributed by atoms with E-state index in [9.17, 15) is 19.5 Å². The van der Waals surface area contributed by atoms with E-state index in [1.54, 1.807) is 18.2 Å². The Kier molecular flexibility index (Phi) is 10.2. The number of rotatable bonds is 11. The SMILES string of the molecule is COc1ccc(CCC(=O)N(N[C@@H](CC(C)C)C(=O)O)C(=O)c2cc(Cl)ccc2Cl)c(OC)c1. The van der Waals surface area contributed by atoms with Crippen LogP contribution in [0.2, 0.25) is 10.0 Å².